The molecule has 1 aromatic carbocycles. The maximum atomic E-state index is 9.63. The lowest BCUT2D eigenvalue weighted by atomic mass is 10.0. The number of aliphatic hydroxyl groups is 1. The number of rotatable bonds is 0. The summed E-state index contributed by atoms with van der Waals surface area (Å²) in [6, 6.07) is 8.07. The Morgan fingerprint density at radius 2 is 2.17 bits per heavy atom. The van der Waals surface area contributed by atoms with Crippen molar-refractivity contribution in [2.24, 2.45) is 0 Å². The molecule has 0 saturated heterocycles. The molecule has 1 aliphatic rings. The minimum Gasteiger partial charge on any atom is -0.374 e. The predicted octanol–water partition coefficient (Wildman–Crippen LogP) is 1.21. The van der Waals surface area contributed by atoms with Crippen LogP contribution < -0.4 is 5.32 Å². The number of hydrogen-bond acceptors (Lipinski definition) is 2. The first-order valence-electron chi connectivity index (χ1n) is 4.37. The van der Waals surface area contributed by atoms with Gasteiger partial charge in [-0.2, -0.15) is 0 Å². The van der Waals surface area contributed by atoms with E-state index >= 15 is 0 Å². The van der Waals surface area contributed by atoms with E-state index < -0.39 is 6.23 Å². The van der Waals surface area contributed by atoms with E-state index in [0.29, 0.717) is 0 Å². The highest BCUT2D eigenvalue weighted by atomic mass is 16.3. The first-order valence-corrected chi connectivity index (χ1v) is 4.37. The normalized spacial score (nSPS) is 22.9. The SMILES string of the molecule is OC1NCCCc2ccccc21. The van der Waals surface area contributed by atoms with Crippen molar-refractivity contribution in [1.29, 1.82) is 0 Å². The van der Waals surface area contributed by atoms with Crippen molar-refractivity contribution >= 4 is 0 Å². The van der Waals surface area contributed by atoms with Gasteiger partial charge in [0, 0.05) is 0 Å². The van der Waals surface area contributed by atoms with Gasteiger partial charge in [0.2, 0.25) is 0 Å². The molecule has 2 heteroatoms. The molecule has 1 atom stereocenters. The Morgan fingerprint density at radius 3 is 3.08 bits per heavy atom. The van der Waals surface area contributed by atoms with Crippen LogP contribution in [0.15, 0.2) is 24.3 Å². The summed E-state index contributed by atoms with van der Waals surface area (Å²) in [5, 5.41) is 12.7. The van der Waals surface area contributed by atoms with Crippen LogP contribution >= 0.6 is 0 Å². The van der Waals surface area contributed by atoms with Gasteiger partial charge in [-0.3, -0.25) is 5.32 Å². The van der Waals surface area contributed by atoms with Gasteiger partial charge in [-0.1, -0.05) is 24.3 Å². The predicted molar refractivity (Wildman–Crippen MR) is 47.7 cm³/mol. The second-order valence-corrected chi connectivity index (χ2v) is 3.16. The van der Waals surface area contributed by atoms with E-state index in [9.17, 15) is 5.11 Å². The minimum atomic E-state index is -0.469. The van der Waals surface area contributed by atoms with Gasteiger partial charge in [-0.25, -0.2) is 0 Å². The summed E-state index contributed by atoms with van der Waals surface area (Å²) < 4.78 is 0. The summed E-state index contributed by atoms with van der Waals surface area (Å²) in [6.07, 6.45) is 1.71. The van der Waals surface area contributed by atoms with Crippen LogP contribution in [0, 0.1) is 0 Å². The third kappa shape index (κ3) is 1.36. The monoisotopic (exact) mass is 163 g/mol. The third-order valence-corrected chi connectivity index (χ3v) is 2.31. The van der Waals surface area contributed by atoms with Gasteiger partial charge < -0.3 is 5.11 Å². The Balaban J connectivity index is 2.39. The van der Waals surface area contributed by atoms with E-state index in [1.165, 1.54) is 5.56 Å². The summed E-state index contributed by atoms with van der Waals surface area (Å²) in [4.78, 5) is 0. The fraction of sp³-hybridized carbons (Fsp3) is 0.400. The smallest absolute Gasteiger partial charge is 0.131 e. The first kappa shape index (κ1) is 7.77. The number of benzene rings is 1. The molecule has 0 aliphatic carbocycles. The van der Waals surface area contributed by atoms with E-state index in [4.69, 9.17) is 0 Å². The molecule has 0 fully saturated rings. The number of aliphatic hydroxyl groups excluding tert-OH is 1. The average Bonchev–Trinajstić information content (AvgIpc) is 2.29. The molecule has 0 amide bonds. The third-order valence-electron chi connectivity index (χ3n) is 2.31. The van der Waals surface area contributed by atoms with Gasteiger partial charge in [-0.05, 0) is 30.5 Å². The van der Waals surface area contributed by atoms with Gasteiger partial charge in [0.15, 0.2) is 0 Å². The maximum Gasteiger partial charge on any atom is 0.131 e. The highest BCUT2D eigenvalue weighted by molar-refractivity contribution is 5.29. The minimum absolute atomic E-state index is 0.469. The molecule has 0 bridgehead atoms. The Morgan fingerprint density at radius 1 is 1.33 bits per heavy atom. The molecule has 0 saturated carbocycles. The van der Waals surface area contributed by atoms with Crippen molar-refractivity contribution in [3.05, 3.63) is 35.4 Å². The zero-order valence-electron chi connectivity index (χ0n) is 6.96. The van der Waals surface area contributed by atoms with Crippen LogP contribution in [0.4, 0.5) is 0 Å². The highest BCUT2D eigenvalue weighted by Crippen LogP contribution is 2.19. The van der Waals surface area contributed by atoms with Gasteiger partial charge in [0.1, 0.15) is 6.23 Å². The Labute approximate surface area is 72.2 Å². The Kier molecular flexibility index (Phi) is 2.11. The fourth-order valence-electron chi connectivity index (χ4n) is 1.66. The van der Waals surface area contributed by atoms with Crippen LogP contribution in [0.5, 0.6) is 0 Å². The second kappa shape index (κ2) is 3.25. The lowest BCUT2D eigenvalue weighted by Crippen LogP contribution is -2.19. The topological polar surface area (TPSA) is 32.3 Å². The van der Waals surface area contributed by atoms with Crippen molar-refractivity contribution in [2.45, 2.75) is 19.1 Å². The van der Waals surface area contributed by atoms with E-state index in [1.807, 2.05) is 18.2 Å². The number of nitrogens with one attached hydrogen (secondary N) is 1. The van der Waals surface area contributed by atoms with E-state index in [1.54, 1.807) is 0 Å². The molecule has 2 nitrogen and oxygen atoms in total. The molecule has 2 rings (SSSR count). The molecule has 1 aliphatic heterocycles. The average molecular weight is 163 g/mol. The quantitative estimate of drug-likeness (QED) is 0.602. The molecule has 2 N–H and O–H groups in total. The van der Waals surface area contributed by atoms with Gasteiger partial charge >= 0.3 is 0 Å². The molecule has 64 valence electrons. The summed E-state index contributed by atoms with van der Waals surface area (Å²) in [5.74, 6) is 0. The number of fused-ring (bicyclic) bond motifs is 1. The summed E-state index contributed by atoms with van der Waals surface area (Å²) in [7, 11) is 0. The zero-order chi connectivity index (χ0) is 8.39. The molecule has 1 aromatic rings. The Bertz CT molecular complexity index is 272. The van der Waals surface area contributed by atoms with Crippen molar-refractivity contribution in [3.63, 3.8) is 0 Å². The Hall–Kier alpha value is -0.860. The highest BCUT2D eigenvalue weighted by Gasteiger charge is 2.13. The van der Waals surface area contributed by atoms with E-state index in [2.05, 4.69) is 11.4 Å². The van der Waals surface area contributed by atoms with Gasteiger partial charge in [-0.15, -0.1) is 0 Å². The summed E-state index contributed by atoms with van der Waals surface area (Å²) >= 11 is 0. The van der Waals surface area contributed by atoms with Crippen LogP contribution in [0.25, 0.3) is 0 Å². The molecule has 0 spiro atoms. The largest absolute Gasteiger partial charge is 0.374 e. The van der Waals surface area contributed by atoms with Crippen LogP contribution in [0.1, 0.15) is 23.8 Å². The van der Waals surface area contributed by atoms with Crippen LogP contribution in [-0.4, -0.2) is 11.7 Å². The molecule has 1 heterocycles. The molecular formula is C10H13NO. The number of aryl methyl sites for hydroxylation is 1. The molecule has 1 unspecified atom stereocenters. The summed E-state index contributed by atoms with van der Waals surface area (Å²) in [6.45, 7) is 0.899. The van der Waals surface area contributed by atoms with Crippen LogP contribution in [0.2, 0.25) is 0 Å². The second-order valence-electron chi connectivity index (χ2n) is 3.16. The fourth-order valence-corrected chi connectivity index (χ4v) is 1.66. The van der Waals surface area contributed by atoms with Crippen molar-refractivity contribution in [1.82, 2.24) is 5.32 Å². The van der Waals surface area contributed by atoms with Crippen molar-refractivity contribution in [3.8, 4) is 0 Å². The van der Waals surface area contributed by atoms with Crippen LogP contribution in [0.3, 0.4) is 0 Å². The molecule has 0 radical (unpaired) electrons. The van der Waals surface area contributed by atoms with Crippen LogP contribution in [-0.2, 0) is 6.42 Å². The number of hydrogen-bond donors (Lipinski definition) is 2. The van der Waals surface area contributed by atoms with Crippen molar-refractivity contribution < 1.29 is 5.11 Å². The lowest BCUT2D eigenvalue weighted by Gasteiger charge is -2.11. The van der Waals surface area contributed by atoms with E-state index in [0.717, 1.165) is 24.9 Å². The zero-order valence-corrected chi connectivity index (χ0v) is 6.96. The molecular weight excluding hydrogens is 150 g/mol. The lowest BCUT2D eigenvalue weighted by molar-refractivity contribution is 0.142. The standard InChI is InChI=1S/C10H13NO/c12-10-9-6-2-1-4-8(9)5-3-7-11-10/h1-2,4,6,10-12H,3,5,7H2. The molecule has 0 aromatic heterocycles. The molecule has 12 heavy (non-hydrogen) atoms. The first-order chi connectivity index (χ1) is 5.88. The maximum absolute atomic E-state index is 9.63. The van der Waals surface area contributed by atoms with Gasteiger partial charge in [0.25, 0.3) is 0 Å². The summed E-state index contributed by atoms with van der Waals surface area (Å²) in [5.41, 5.74) is 2.31. The van der Waals surface area contributed by atoms with Gasteiger partial charge in [0.05, 0.1) is 0 Å². The van der Waals surface area contributed by atoms with Crippen molar-refractivity contribution in [2.75, 3.05) is 6.54 Å². The van der Waals surface area contributed by atoms with E-state index in [-0.39, 0.29) is 0 Å².